The molecule has 0 spiro atoms. The highest BCUT2D eigenvalue weighted by molar-refractivity contribution is 6.33. The minimum absolute atomic E-state index is 0.186. The summed E-state index contributed by atoms with van der Waals surface area (Å²) in [6, 6.07) is 13.4. The van der Waals surface area contributed by atoms with Crippen LogP contribution in [0.3, 0.4) is 0 Å². The molecule has 0 radical (unpaired) electrons. The summed E-state index contributed by atoms with van der Waals surface area (Å²) in [6.07, 6.45) is 2.16. The molecule has 1 aromatic heterocycles. The van der Waals surface area contributed by atoms with Crippen molar-refractivity contribution in [3.63, 3.8) is 0 Å². The molecule has 0 atom stereocenters. The quantitative estimate of drug-likeness (QED) is 0.513. The molecule has 2 amide bonds. The zero-order valence-electron chi connectivity index (χ0n) is 19.9. The second-order valence-corrected chi connectivity index (χ2v) is 9.33. The summed E-state index contributed by atoms with van der Waals surface area (Å²) in [4.78, 5) is 29.6. The van der Waals surface area contributed by atoms with Gasteiger partial charge in [0.1, 0.15) is 11.6 Å². The third kappa shape index (κ3) is 4.60. The van der Waals surface area contributed by atoms with Crippen LogP contribution in [-0.4, -0.2) is 48.6 Å². The Labute approximate surface area is 213 Å². The van der Waals surface area contributed by atoms with Gasteiger partial charge in [0.25, 0.3) is 11.8 Å². The Morgan fingerprint density at radius 2 is 1.75 bits per heavy atom. The van der Waals surface area contributed by atoms with Crippen molar-refractivity contribution in [2.75, 3.05) is 31.1 Å². The normalized spacial score (nSPS) is 16.7. The summed E-state index contributed by atoms with van der Waals surface area (Å²) in [5.74, 6) is 0.157. The molecule has 1 N–H and O–H groups in total. The van der Waals surface area contributed by atoms with Crippen molar-refractivity contribution in [2.45, 2.75) is 26.2 Å². The van der Waals surface area contributed by atoms with E-state index in [-0.39, 0.29) is 11.7 Å². The molecule has 0 saturated carbocycles. The fourth-order valence-electron chi connectivity index (χ4n) is 4.81. The molecule has 7 nitrogen and oxygen atoms in total. The molecule has 1 aliphatic carbocycles. The van der Waals surface area contributed by atoms with Crippen molar-refractivity contribution in [1.82, 2.24) is 10.3 Å². The number of hydrogen-bond donors (Lipinski definition) is 1. The minimum Gasteiger partial charge on any atom is -0.455 e. The van der Waals surface area contributed by atoms with Gasteiger partial charge in [-0.2, -0.15) is 5.10 Å². The lowest BCUT2D eigenvalue weighted by molar-refractivity contribution is 0.0711. The van der Waals surface area contributed by atoms with Crippen LogP contribution in [0.25, 0.3) is 0 Å². The van der Waals surface area contributed by atoms with Gasteiger partial charge in [-0.25, -0.2) is 9.82 Å². The maximum atomic E-state index is 14.2. The lowest BCUT2D eigenvalue weighted by Gasteiger charge is -2.35. The molecule has 9 heteroatoms. The SMILES string of the molecule is Cc1c(C(=O)N2CCN(c3ccccc3F)CC2)oc2c1/C(=N/NC(=O)c1ccccc1Cl)CCC2. The number of fused-ring (bicyclic) bond motifs is 1. The van der Waals surface area contributed by atoms with E-state index in [0.717, 1.165) is 17.5 Å². The molecule has 186 valence electrons. The molecular weight excluding hydrogens is 483 g/mol. The molecule has 0 bridgehead atoms. The molecule has 1 aliphatic heterocycles. The number of amides is 2. The number of hydrazone groups is 1. The number of hydrogen-bond acceptors (Lipinski definition) is 5. The van der Waals surface area contributed by atoms with Crippen LogP contribution in [0.2, 0.25) is 5.02 Å². The number of nitrogens with zero attached hydrogens (tertiary/aromatic N) is 3. The monoisotopic (exact) mass is 508 g/mol. The Balaban J connectivity index is 1.31. The van der Waals surface area contributed by atoms with Crippen LogP contribution in [-0.2, 0) is 6.42 Å². The molecular formula is C27H26ClFN4O3. The number of furan rings is 1. The van der Waals surface area contributed by atoms with Gasteiger partial charge in [-0.15, -0.1) is 0 Å². The molecule has 5 rings (SSSR count). The summed E-state index contributed by atoms with van der Waals surface area (Å²) in [6.45, 7) is 3.85. The standard InChI is InChI=1S/C27H26ClFN4O3/c1-17-24-21(30-31-26(34)18-7-2-3-8-19(18)28)10-6-12-23(24)36-25(17)27(35)33-15-13-32(14-16-33)22-11-5-4-9-20(22)29/h2-5,7-9,11H,6,10,12-16H2,1H3,(H,31,34)/b30-21+. The molecule has 3 aromatic rings. The van der Waals surface area contributed by atoms with Crippen LogP contribution < -0.4 is 10.3 Å². The highest BCUT2D eigenvalue weighted by Gasteiger charge is 2.32. The van der Waals surface area contributed by atoms with Crippen LogP contribution in [0.5, 0.6) is 0 Å². The van der Waals surface area contributed by atoms with Crippen molar-refractivity contribution < 1.29 is 18.4 Å². The zero-order chi connectivity index (χ0) is 25.2. The zero-order valence-corrected chi connectivity index (χ0v) is 20.6. The van der Waals surface area contributed by atoms with E-state index in [2.05, 4.69) is 10.5 Å². The fraction of sp³-hybridized carbons (Fsp3) is 0.296. The van der Waals surface area contributed by atoms with E-state index in [0.29, 0.717) is 72.5 Å². The number of nitrogens with one attached hydrogen (secondary N) is 1. The van der Waals surface area contributed by atoms with Crippen LogP contribution in [0, 0.1) is 12.7 Å². The number of aryl methyl sites for hydroxylation is 1. The van der Waals surface area contributed by atoms with Gasteiger partial charge in [-0.05, 0) is 44.0 Å². The van der Waals surface area contributed by atoms with Gasteiger partial charge in [-0.3, -0.25) is 9.59 Å². The predicted octanol–water partition coefficient (Wildman–Crippen LogP) is 4.81. The molecule has 1 fully saturated rings. The second-order valence-electron chi connectivity index (χ2n) is 8.92. The first-order valence-electron chi connectivity index (χ1n) is 12.0. The Hall–Kier alpha value is -3.65. The highest BCUT2D eigenvalue weighted by Crippen LogP contribution is 2.31. The van der Waals surface area contributed by atoms with Gasteiger partial charge in [0, 0.05) is 43.7 Å². The van der Waals surface area contributed by atoms with Crippen LogP contribution >= 0.6 is 11.6 Å². The van der Waals surface area contributed by atoms with Gasteiger partial charge in [0.15, 0.2) is 5.76 Å². The number of halogens is 2. The Kier molecular flexibility index (Phi) is 6.78. The number of carbonyl (C=O) groups is 2. The fourth-order valence-corrected chi connectivity index (χ4v) is 5.03. The Morgan fingerprint density at radius 1 is 1.03 bits per heavy atom. The third-order valence-corrected chi connectivity index (χ3v) is 7.02. The van der Waals surface area contributed by atoms with E-state index in [1.807, 2.05) is 17.9 Å². The molecule has 0 unspecified atom stereocenters. The van der Waals surface area contributed by atoms with Crippen LogP contribution in [0.15, 0.2) is 58.0 Å². The summed E-state index contributed by atoms with van der Waals surface area (Å²) in [5.41, 5.74) is 5.67. The Morgan fingerprint density at radius 3 is 2.50 bits per heavy atom. The lowest BCUT2D eigenvalue weighted by atomic mass is 9.93. The summed E-state index contributed by atoms with van der Waals surface area (Å²) in [5, 5.41) is 4.72. The molecule has 2 aliphatic rings. The summed E-state index contributed by atoms with van der Waals surface area (Å²) in [7, 11) is 0. The van der Waals surface area contributed by atoms with Crippen molar-refractivity contribution in [1.29, 1.82) is 0 Å². The molecule has 2 aromatic carbocycles. The van der Waals surface area contributed by atoms with Crippen molar-refractivity contribution >= 4 is 34.8 Å². The third-order valence-electron chi connectivity index (χ3n) is 6.69. The highest BCUT2D eigenvalue weighted by atomic mass is 35.5. The van der Waals surface area contributed by atoms with Crippen molar-refractivity contribution in [3.8, 4) is 0 Å². The number of para-hydroxylation sites is 1. The number of anilines is 1. The maximum absolute atomic E-state index is 14.2. The number of piperazine rings is 1. The average molecular weight is 509 g/mol. The van der Waals surface area contributed by atoms with Gasteiger partial charge in [0.05, 0.1) is 22.0 Å². The second kappa shape index (κ2) is 10.1. The number of carbonyl (C=O) groups excluding carboxylic acids is 2. The number of rotatable bonds is 4. The van der Waals surface area contributed by atoms with Gasteiger partial charge in [-0.1, -0.05) is 35.9 Å². The van der Waals surface area contributed by atoms with Gasteiger partial charge < -0.3 is 14.2 Å². The maximum Gasteiger partial charge on any atom is 0.289 e. The lowest BCUT2D eigenvalue weighted by Crippen LogP contribution is -2.49. The minimum atomic E-state index is -0.398. The largest absolute Gasteiger partial charge is 0.455 e. The first-order valence-corrected chi connectivity index (χ1v) is 12.3. The van der Waals surface area contributed by atoms with E-state index >= 15 is 0 Å². The first kappa shape index (κ1) is 24.1. The van der Waals surface area contributed by atoms with E-state index < -0.39 is 5.91 Å². The van der Waals surface area contributed by atoms with Crippen molar-refractivity contribution in [2.24, 2.45) is 5.10 Å². The van der Waals surface area contributed by atoms with Crippen LogP contribution in [0.4, 0.5) is 10.1 Å². The van der Waals surface area contributed by atoms with Crippen LogP contribution in [0.1, 0.15) is 50.6 Å². The van der Waals surface area contributed by atoms with E-state index in [4.69, 9.17) is 16.0 Å². The van der Waals surface area contributed by atoms with E-state index in [1.165, 1.54) is 6.07 Å². The summed E-state index contributed by atoms with van der Waals surface area (Å²) >= 11 is 6.12. The smallest absolute Gasteiger partial charge is 0.289 e. The molecule has 36 heavy (non-hydrogen) atoms. The molecule has 2 heterocycles. The average Bonchev–Trinajstić information content (AvgIpc) is 3.24. The Bertz CT molecular complexity index is 1340. The summed E-state index contributed by atoms with van der Waals surface area (Å²) < 4.78 is 20.2. The van der Waals surface area contributed by atoms with Gasteiger partial charge >= 0.3 is 0 Å². The van der Waals surface area contributed by atoms with E-state index in [1.54, 1.807) is 41.3 Å². The predicted molar refractivity (Wildman–Crippen MR) is 136 cm³/mol. The topological polar surface area (TPSA) is 78.2 Å². The first-order chi connectivity index (χ1) is 17.4. The van der Waals surface area contributed by atoms with E-state index in [9.17, 15) is 14.0 Å². The van der Waals surface area contributed by atoms with Gasteiger partial charge in [0.2, 0.25) is 0 Å². The molecule has 1 saturated heterocycles. The van der Waals surface area contributed by atoms with Crippen molar-refractivity contribution in [3.05, 3.63) is 87.6 Å². The number of benzene rings is 2.